The van der Waals surface area contributed by atoms with Crippen LogP contribution in [-0.2, 0) is 29.0 Å². The van der Waals surface area contributed by atoms with Gasteiger partial charge in [0.25, 0.3) is 0 Å². The van der Waals surface area contributed by atoms with Crippen molar-refractivity contribution in [3.8, 4) is 11.1 Å². The lowest BCUT2D eigenvalue weighted by Crippen LogP contribution is -2.31. The molecule has 0 atom stereocenters. The topological polar surface area (TPSA) is 57.6 Å². The standard InChI is InChI=1S/C27H29NO3/c1-2-26(29)28(18-8-11-21-9-4-3-5-10-21)20-22-14-16-23(17-15-22)25-13-7-6-12-24(25)19-27(30)31/h3-7,9-10,12-17H,2,8,11,18-20H2,1H3,(H,30,31). The van der Waals surface area contributed by atoms with Crippen molar-refractivity contribution in [1.82, 2.24) is 4.90 Å². The molecule has 0 fully saturated rings. The van der Waals surface area contributed by atoms with Gasteiger partial charge in [-0.15, -0.1) is 0 Å². The first-order valence-electron chi connectivity index (χ1n) is 10.8. The van der Waals surface area contributed by atoms with Gasteiger partial charge in [-0.3, -0.25) is 9.59 Å². The molecule has 31 heavy (non-hydrogen) atoms. The minimum absolute atomic E-state index is 0.00187. The third-order valence-electron chi connectivity index (χ3n) is 5.39. The Bertz CT molecular complexity index is 997. The van der Waals surface area contributed by atoms with Gasteiger partial charge in [0.05, 0.1) is 6.42 Å². The first kappa shape index (κ1) is 22.3. The maximum Gasteiger partial charge on any atom is 0.307 e. The fraction of sp³-hybridized carbons (Fsp3) is 0.259. The van der Waals surface area contributed by atoms with Crippen molar-refractivity contribution in [2.24, 2.45) is 0 Å². The van der Waals surface area contributed by atoms with Crippen molar-refractivity contribution in [1.29, 1.82) is 0 Å². The second-order valence-electron chi connectivity index (χ2n) is 7.68. The molecule has 0 spiro atoms. The van der Waals surface area contributed by atoms with Crippen LogP contribution in [0.5, 0.6) is 0 Å². The molecule has 0 saturated heterocycles. The van der Waals surface area contributed by atoms with Crippen LogP contribution in [0.1, 0.15) is 36.5 Å². The molecular weight excluding hydrogens is 386 g/mol. The van der Waals surface area contributed by atoms with Gasteiger partial charge in [-0.05, 0) is 40.7 Å². The Morgan fingerprint density at radius 2 is 1.52 bits per heavy atom. The van der Waals surface area contributed by atoms with Gasteiger partial charge < -0.3 is 10.0 Å². The fourth-order valence-corrected chi connectivity index (χ4v) is 3.76. The van der Waals surface area contributed by atoms with Crippen molar-refractivity contribution < 1.29 is 14.7 Å². The van der Waals surface area contributed by atoms with Gasteiger partial charge in [0.15, 0.2) is 0 Å². The van der Waals surface area contributed by atoms with E-state index in [-0.39, 0.29) is 12.3 Å². The summed E-state index contributed by atoms with van der Waals surface area (Å²) < 4.78 is 0. The first-order valence-corrected chi connectivity index (χ1v) is 10.8. The third kappa shape index (κ3) is 6.54. The van der Waals surface area contributed by atoms with E-state index in [4.69, 9.17) is 5.11 Å². The summed E-state index contributed by atoms with van der Waals surface area (Å²) in [7, 11) is 0. The van der Waals surface area contributed by atoms with Crippen molar-refractivity contribution >= 4 is 11.9 Å². The maximum atomic E-state index is 12.5. The number of rotatable bonds is 10. The average Bonchev–Trinajstić information content (AvgIpc) is 2.79. The second kappa shape index (κ2) is 11.1. The Kier molecular flexibility index (Phi) is 7.99. The summed E-state index contributed by atoms with van der Waals surface area (Å²) in [5, 5.41) is 9.16. The SMILES string of the molecule is CCC(=O)N(CCCc1ccccc1)Cc1ccc(-c2ccccc2CC(=O)O)cc1. The summed E-state index contributed by atoms with van der Waals surface area (Å²) in [5.74, 6) is -0.683. The van der Waals surface area contributed by atoms with Crippen LogP contribution < -0.4 is 0 Å². The minimum atomic E-state index is -0.840. The molecule has 160 valence electrons. The van der Waals surface area contributed by atoms with Crippen LogP contribution in [0.3, 0.4) is 0 Å². The molecule has 0 aliphatic rings. The number of carboxylic acid groups (broad SMARTS) is 1. The molecule has 4 heteroatoms. The zero-order chi connectivity index (χ0) is 22.1. The lowest BCUT2D eigenvalue weighted by molar-refractivity contribution is -0.136. The maximum absolute atomic E-state index is 12.5. The summed E-state index contributed by atoms with van der Waals surface area (Å²) in [6.07, 6.45) is 2.37. The first-order chi connectivity index (χ1) is 15.1. The van der Waals surface area contributed by atoms with E-state index >= 15 is 0 Å². The number of carbonyl (C=O) groups is 2. The van der Waals surface area contributed by atoms with Gasteiger partial charge >= 0.3 is 5.97 Å². The van der Waals surface area contributed by atoms with Crippen LogP contribution in [0.15, 0.2) is 78.9 Å². The monoisotopic (exact) mass is 415 g/mol. The van der Waals surface area contributed by atoms with E-state index in [1.54, 1.807) is 0 Å². The lowest BCUT2D eigenvalue weighted by atomic mass is 9.97. The number of nitrogens with zero attached hydrogens (tertiary/aromatic N) is 1. The Hall–Kier alpha value is -3.40. The van der Waals surface area contributed by atoms with Crippen molar-refractivity contribution in [2.75, 3.05) is 6.54 Å². The van der Waals surface area contributed by atoms with Crippen molar-refractivity contribution in [3.63, 3.8) is 0 Å². The van der Waals surface area contributed by atoms with Gasteiger partial charge in [0.2, 0.25) is 5.91 Å². The Balaban J connectivity index is 1.67. The molecule has 0 aliphatic carbocycles. The molecule has 0 bridgehead atoms. The molecule has 1 amide bonds. The van der Waals surface area contributed by atoms with Gasteiger partial charge in [-0.1, -0.05) is 85.8 Å². The predicted octanol–water partition coefficient (Wildman–Crippen LogP) is 5.35. The highest BCUT2D eigenvalue weighted by Gasteiger charge is 2.13. The molecule has 1 N–H and O–H groups in total. The molecule has 3 aromatic rings. The van der Waals surface area contributed by atoms with Crippen LogP contribution in [-0.4, -0.2) is 28.4 Å². The normalized spacial score (nSPS) is 10.6. The van der Waals surface area contributed by atoms with Gasteiger partial charge in [-0.2, -0.15) is 0 Å². The fourth-order valence-electron chi connectivity index (χ4n) is 3.76. The average molecular weight is 416 g/mol. The summed E-state index contributed by atoms with van der Waals surface area (Å²) in [6, 6.07) is 26.0. The zero-order valence-electron chi connectivity index (χ0n) is 18.0. The molecule has 0 unspecified atom stereocenters. The number of carbonyl (C=O) groups excluding carboxylic acids is 1. The van der Waals surface area contributed by atoms with Crippen LogP contribution in [0.4, 0.5) is 0 Å². The molecule has 3 aromatic carbocycles. The molecule has 0 heterocycles. The van der Waals surface area contributed by atoms with Crippen LogP contribution in [0, 0.1) is 0 Å². The van der Waals surface area contributed by atoms with E-state index in [9.17, 15) is 9.59 Å². The molecule has 0 saturated carbocycles. The number of benzene rings is 3. The number of aryl methyl sites for hydroxylation is 1. The van der Waals surface area contributed by atoms with E-state index in [0.29, 0.717) is 13.0 Å². The zero-order valence-corrected chi connectivity index (χ0v) is 18.0. The van der Waals surface area contributed by atoms with Crippen LogP contribution >= 0.6 is 0 Å². The molecular formula is C27H29NO3. The quantitative estimate of drug-likeness (QED) is 0.485. The number of amides is 1. The summed E-state index contributed by atoms with van der Waals surface area (Å²) in [4.78, 5) is 25.6. The van der Waals surface area contributed by atoms with E-state index < -0.39 is 5.97 Å². The summed E-state index contributed by atoms with van der Waals surface area (Å²) in [5.41, 5.74) is 5.07. The molecule has 0 aromatic heterocycles. The van der Waals surface area contributed by atoms with Crippen molar-refractivity contribution in [2.45, 2.75) is 39.2 Å². The number of hydrogen-bond donors (Lipinski definition) is 1. The van der Waals surface area contributed by atoms with Crippen LogP contribution in [0.2, 0.25) is 0 Å². The minimum Gasteiger partial charge on any atom is -0.481 e. The molecule has 0 radical (unpaired) electrons. The molecule has 4 nitrogen and oxygen atoms in total. The van der Waals surface area contributed by atoms with Gasteiger partial charge in [0, 0.05) is 19.5 Å². The summed E-state index contributed by atoms with van der Waals surface area (Å²) >= 11 is 0. The highest BCUT2D eigenvalue weighted by Crippen LogP contribution is 2.25. The number of hydrogen-bond acceptors (Lipinski definition) is 2. The van der Waals surface area contributed by atoms with E-state index in [1.807, 2.05) is 78.6 Å². The smallest absolute Gasteiger partial charge is 0.307 e. The lowest BCUT2D eigenvalue weighted by Gasteiger charge is -2.22. The Morgan fingerprint density at radius 3 is 2.19 bits per heavy atom. The highest BCUT2D eigenvalue weighted by molar-refractivity contribution is 5.77. The largest absolute Gasteiger partial charge is 0.481 e. The van der Waals surface area contributed by atoms with Gasteiger partial charge in [-0.25, -0.2) is 0 Å². The molecule has 0 aliphatic heterocycles. The molecule has 3 rings (SSSR count). The van der Waals surface area contributed by atoms with E-state index in [2.05, 4.69) is 12.1 Å². The van der Waals surface area contributed by atoms with Crippen LogP contribution in [0.25, 0.3) is 11.1 Å². The second-order valence-corrected chi connectivity index (χ2v) is 7.68. The Morgan fingerprint density at radius 1 is 0.839 bits per heavy atom. The third-order valence-corrected chi connectivity index (χ3v) is 5.39. The highest BCUT2D eigenvalue weighted by atomic mass is 16.4. The van der Waals surface area contributed by atoms with Gasteiger partial charge in [0.1, 0.15) is 0 Å². The van der Waals surface area contributed by atoms with Crippen molar-refractivity contribution in [3.05, 3.63) is 95.6 Å². The Labute approximate surface area is 184 Å². The number of aliphatic carboxylic acids is 1. The van der Waals surface area contributed by atoms with E-state index in [1.165, 1.54) is 5.56 Å². The van der Waals surface area contributed by atoms with E-state index in [0.717, 1.165) is 41.6 Å². The summed E-state index contributed by atoms with van der Waals surface area (Å²) in [6.45, 7) is 3.21. The predicted molar refractivity (Wildman–Crippen MR) is 124 cm³/mol. The number of carboxylic acids is 1.